The van der Waals surface area contributed by atoms with Crippen molar-refractivity contribution in [3.8, 4) is 11.6 Å². The molecule has 19 heavy (non-hydrogen) atoms. The van der Waals surface area contributed by atoms with E-state index in [4.69, 9.17) is 27.3 Å². The van der Waals surface area contributed by atoms with Crippen LogP contribution in [0.4, 0.5) is 0 Å². The first-order valence-electron chi connectivity index (χ1n) is 5.34. The molecule has 0 aliphatic heterocycles. The molecule has 0 amide bonds. The van der Waals surface area contributed by atoms with Crippen molar-refractivity contribution in [1.82, 2.24) is 9.97 Å². The van der Waals surface area contributed by atoms with Gasteiger partial charge in [-0.15, -0.1) is 0 Å². The summed E-state index contributed by atoms with van der Waals surface area (Å²) in [7, 11) is 0. The summed E-state index contributed by atoms with van der Waals surface area (Å²) in [6.07, 6.45) is 2.75. The van der Waals surface area contributed by atoms with E-state index in [0.29, 0.717) is 16.7 Å². The summed E-state index contributed by atoms with van der Waals surface area (Å²) in [5.74, 6) is 0.830. The van der Waals surface area contributed by atoms with E-state index in [1.165, 1.54) is 12.4 Å². The third kappa shape index (κ3) is 3.11. The number of amidine groups is 1. The van der Waals surface area contributed by atoms with Crippen molar-refractivity contribution >= 4 is 17.4 Å². The highest BCUT2D eigenvalue weighted by molar-refractivity contribution is 6.30. The number of aryl methyl sites for hydroxylation is 1. The fraction of sp³-hybridized carbons (Fsp3) is 0.0833. The van der Waals surface area contributed by atoms with E-state index in [0.717, 1.165) is 5.56 Å². The molecule has 1 heterocycles. The summed E-state index contributed by atoms with van der Waals surface area (Å²) >= 11 is 5.86. The number of aromatic nitrogens is 2. The summed E-state index contributed by atoms with van der Waals surface area (Å²) < 4.78 is 5.56. The Labute approximate surface area is 114 Å². The minimum atomic E-state index is -0.110. The highest BCUT2D eigenvalue weighted by atomic mass is 35.5. The lowest BCUT2D eigenvalue weighted by Gasteiger charge is -2.07. The molecule has 0 bridgehead atoms. The summed E-state index contributed by atoms with van der Waals surface area (Å²) in [4.78, 5) is 7.98. The molecular weight excluding hydrogens is 268 g/mol. The molecule has 0 atom stereocenters. The predicted molar refractivity (Wildman–Crippen MR) is 70.8 cm³/mol. The summed E-state index contributed by atoms with van der Waals surface area (Å²) in [5, 5.41) is 12.0. The number of hydrogen-bond acceptors (Lipinski definition) is 5. The van der Waals surface area contributed by atoms with Gasteiger partial charge in [0.15, 0.2) is 5.84 Å². The first-order valence-corrected chi connectivity index (χ1v) is 5.72. The van der Waals surface area contributed by atoms with Crippen LogP contribution in [0.2, 0.25) is 5.02 Å². The molecule has 2 rings (SSSR count). The van der Waals surface area contributed by atoms with Gasteiger partial charge >= 0.3 is 0 Å². The van der Waals surface area contributed by atoms with Gasteiger partial charge in [-0.2, -0.15) is 0 Å². The van der Waals surface area contributed by atoms with Crippen molar-refractivity contribution in [1.29, 1.82) is 0 Å². The Morgan fingerprint density at radius 1 is 1.37 bits per heavy atom. The number of oxime groups is 1. The maximum atomic E-state index is 8.51. The molecule has 0 aliphatic carbocycles. The fourth-order valence-corrected chi connectivity index (χ4v) is 1.62. The second kappa shape index (κ2) is 5.53. The summed E-state index contributed by atoms with van der Waals surface area (Å²) in [6.45, 7) is 1.87. The predicted octanol–water partition coefficient (Wildman–Crippen LogP) is 2.33. The van der Waals surface area contributed by atoms with Crippen LogP contribution < -0.4 is 10.5 Å². The summed E-state index contributed by atoms with van der Waals surface area (Å²) in [5.41, 5.74) is 6.53. The van der Waals surface area contributed by atoms with Gasteiger partial charge in [-0.3, -0.25) is 0 Å². The van der Waals surface area contributed by atoms with Crippen LogP contribution in [-0.2, 0) is 0 Å². The van der Waals surface area contributed by atoms with Gasteiger partial charge in [0.2, 0.25) is 5.88 Å². The molecule has 3 N–H and O–H groups in total. The van der Waals surface area contributed by atoms with Crippen LogP contribution in [0.15, 0.2) is 35.7 Å². The normalized spacial score (nSPS) is 11.4. The molecule has 0 saturated carbocycles. The van der Waals surface area contributed by atoms with E-state index in [-0.39, 0.29) is 11.5 Å². The number of rotatable bonds is 3. The average Bonchev–Trinajstić information content (AvgIpc) is 2.42. The van der Waals surface area contributed by atoms with Crippen LogP contribution in [0.25, 0.3) is 0 Å². The minimum absolute atomic E-state index is 0.110. The molecule has 0 spiro atoms. The van der Waals surface area contributed by atoms with Gasteiger partial charge in [0.25, 0.3) is 0 Å². The number of benzene rings is 1. The van der Waals surface area contributed by atoms with Crippen molar-refractivity contribution in [2.24, 2.45) is 10.9 Å². The second-order valence-corrected chi connectivity index (χ2v) is 4.17. The maximum Gasteiger partial charge on any atom is 0.237 e. The third-order valence-electron chi connectivity index (χ3n) is 2.35. The number of nitrogens with zero attached hydrogens (tertiary/aromatic N) is 3. The molecule has 0 aliphatic rings. The first kappa shape index (κ1) is 13.1. The van der Waals surface area contributed by atoms with Crippen molar-refractivity contribution in [2.45, 2.75) is 6.92 Å². The molecule has 1 aromatic carbocycles. The quantitative estimate of drug-likeness (QED) is 0.389. The van der Waals surface area contributed by atoms with Crippen LogP contribution in [0.1, 0.15) is 11.3 Å². The summed E-state index contributed by atoms with van der Waals surface area (Å²) in [6, 6.07) is 5.26. The molecule has 7 heteroatoms. The van der Waals surface area contributed by atoms with E-state index in [2.05, 4.69) is 15.1 Å². The van der Waals surface area contributed by atoms with Gasteiger partial charge < -0.3 is 15.7 Å². The molecule has 0 unspecified atom stereocenters. The standard InChI is InChI=1S/C12H11ClN4O2/c1-7-4-8(13)2-3-10(7)19-11-6-15-9(5-16-11)12(14)17-18/h2-6,18H,1H3,(H2,14,17). The van der Waals surface area contributed by atoms with E-state index in [9.17, 15) is 0 Å². The van der Waals surface area contributed by atoms with E-state index in [1.807, 2.05) is 6.92 Å². The molecule has 0 saturated heterocycles. The Morgan fingerprint density at radius 2 is 2.16 bits per heavy atom. The van der Waals surface area contributed by atoms with Crippen LogP contribution in [-0.4, -0.2) is 21.0 Å². The molecule has 2 aromatic rings. The van der Waals surface area contributed by atoms with Crippen molar-refractivity contribution in [3.63, 3.8) is 0 Å². The molecular formula is C12H11ClN4O2. The van der Waals surface area contributed by atoms with Crippen molar-refractivity contribution in [3.05, 3.63) is 46.9 Å². The minimum Gasteiger partial charge on any atom is -0.437 e. The largest absolute Gasteiger partial charge is 0.437 e. The molecule has 1 aromatic heterocycles. The zero-order valence-electron chi connectivity index (χ0n) is 10.0. The van der Waals surface area contributed by atoms with Crippen LogP contribution in [0.3, 0.4) is 0 Å². The monoisotopic (exact) mass is 278 g/mol. The van der Waals surface area contributed by atoms with Gasteiger partial charge in [-0.1, -0.05) is 16.8 Å². The van der Waals surface area contributed by atoms with Crippen molar-refractivity contribution < 1.29 is 9.94 Å². The molecule has 6 nitrogen and oxygen atoms in total. The van der Waals surface area contributed by atoms with Gasteiger partial charge in [0.1, 0.15) is 11.4 Å². The highest BCUT2D eigenvalue weighted by Crippen LogP contribution is 2.25. The fourth-order valence-electron chi connectivity index (χ4n) is 1.39. The Kier molecular flexibility index (Phi) is 3.82. The Morgan fingerprint density at radius 3 is 2.74 bits per heavy atom. The average molecular weight is 279 g/mol. The molecule has 0 radical (unpaired) electrons. The Bertz CT molecular complexity index is 614. The second-order valence-electron chi connectivity index (χ2n) is 3.74. The number of hydrogen-bond donors (Lipinski definition) is 2. The van der Waals surface area contributed by atoms with Crippen LogP contribution in [0, 0.1) is 6.92 Å². The van der Waals surface area contributed by atoms with Gasteiger partial charge in [-0.05, 0) is 30.7 Å². The molecule has 98 valence electrons. The molecule has 0 fully saturated rings. The first-order chi connectivity index (χ1) is 9.10. The number of ether oxygens (including phenoxy) is 1. The lowest BCUT2D eigenvalue weighted by molar-refractivity contribution is 0.318. The van der Waals surface area contributed by atoms with Crippen LogP contribution in [0.5, 0.6) is 11.6 Å². The Balaban J connectivity index is 2.20. The third-order valence-corrected chi connectivity index (χ3v) is 2.58. The van der Waals surface area contributed by atoms with Gasteiger partial charge in [0.05, 0.1) is 12.4 Å². The topological polar surface area (TPSA) is 93.6 Å². The number of nitrogens with two attached hydrogens (primary N) is 1. The van der Waals surface area contributed by atoms with Crippen molar-refractivity contribution in [2.75, 3.05) is 0 Å². The van der Waals surface area contributed by atoms with Gasteiger partial charge in [-0.25, -0.2) is 9.97 Å². The van der Waals surface area contributed by atoms with E-state index >= 15 is 0 Å². The van der Waals surface area contributed by atoms with Gasteiger partial charge in [0, 0.05) is 5.02 Å². The lowest BCUT2D eigenvalue weighted by atomic mass is 10.2. The lowest BCUT2D eigenvalue weighted by Crippen LogP contribution is -2.15. The zero-order valence-corrected chi connectivity index (χ0v) is 10.8. The highest BCUT2D eigenvalue weighted by Gasteiger charge is 2.06. The van der Waals surface area contributed by atoms with E-state index in [1.54, 1.807) is 18.2 Å². The van der Waals surface area contributed by atoms with E-state index < -0.39 is 0 Å². The maximum absolute atomic E-state index is 8.51. The smallest absolute Gasteiger partial charge is 0.237 e. The van der Waals surface area contributed by atoms with Crippen LogP contribution >= 0.6 is 11.6 Å². The zero-order chi connectivity index (χ0) is 13.8. The number of halogens is 1. The Hall–Kier alpha value is -2.34. The SMILES string of the molecule is Cc1cc(Cl)ccc1Oc1cnc(C(N)=NO)cn1.